The number of aryl methyl sites for hydroxylation is 1. The third-order valence-corrected chi connectivity index (χ3v) is 5.02. The molecule has 27 heavy (non-hydrogen) atoms. The molecular weight excluding hydrogens is 360 g/mol. The van der Waals surface area contributed by atoms with Crippen molar-refractivity contribution in [2.24, 2.45) is 0 Å². The summed E-state index contributed by atoms with van der Waals surface area (Å²) in [7, 11) is 0. The number of hydrogen-bond donors (Lipinski definition) is 1. The fraction of sp³-hybridized carbons (Fsp3) is 0.190. The highest BCUT2D eigenvalue weighted by Gasteiger charge is 2.34. The Morgan fingerprint density at radius 1 is 1.07 bits per heavy atom. The highest BCUT2D eigenvalue weighted by Crippen LogP contribution is 2.31. The van der Waals surface area contributed by atoms with Crippen LogP contribution in [0.3, 0.4) is 0 Å². The van der Waals surface area contributed by atoms with E-state index in [1.165, 1.54) is 4.90 Å². The van der Waals surface area contributed by atoms with Crippen LogP contribution in [0.2, 0.25) is 0 Å². The zero-order chi connectivity index (χ0) is 19.2. The Labute approximate surface area is 162 Å². The number of nitrogens with zero attached hydrogens (tertiary/aromatic N) is 1. The van der Waals surface area contributed by atoms with E-state index in [1.807, 2.05) is 61.5 Å². The van der Waals surface area contributed by atoms with Gasteiger partial charge in [0.25, 0.3) is 11.1 Å². The lowest BCUT2D eigenvalue weighted by atomic mass is 10.1. The van der Waals surface area contributed by atoms with E-state index in [0.717, 1.165) is 28.5 Å². The third kappa shape index (κ3) is 5.08. The Balaban J connectivity index is 1.53. The fourth-order valence-electron chi connectivity index (χ4n) is 2.66. The standard InChI is InChI=1S/C21H20N2O3S/c1-15-7-9-17(10-8-15)13-18-20(25)23(21(26)27-18)12-11-22-19(24)14-16-5-3-2-4-6-16/h2-10,13H,11-12,14H2,1H3,(H,22,24)/b18-13-. The van der Waals surface area contributed by atoms with Crippen LogP contribution >= 0.6 is 11.8 Å². The van der Waals surface area contributed by atoms with Crippen LogP contribution in [0.25, 0.3) is 6.08 Å². The maximum absolute atomic E-state index is 12.5. The molecule has 2 aromatic rings. The van der Waals surface area contributed by atoms with Crippen molar-refractivity contribution in [2.45, 2.75) is 13.3 Å². The number of benzene rings is 2. The molecule has 0 radical (unpaired) electrons. The molecule has 3 rings (SSSR count). The van der Waals surface area contributed by atoms with Gasteiger partial charge in [0, 0.05) is 13.1 Å². The Morgan fingerprint density at radius 3 is 2.48 bits per heavy atom. The zero-order valence-corrected chi connectivity index (χ0v) is 15.8. The number of imide groups is 1. The average molecular weight is 380 g/mol. The van der Waals surface area contributed by atoms with Gasteiger partial charge in [-0.15, -0.1) is 0 Å². The molecule has 0 unspecified atom stereocenters. The number of carbonyl (C=O) groups excluding carboxylic acids is 3. The van der Waals surface area contributed by atoms with E-state index in [9.17, 15) is 14.4 Å². The fourth-order valence-corrected chi connectivity index (χ4v) is 3.52. The average Bonchev–Trinajstić information content (AvgIpc) is 2.92. The summed E-state index contributed by atoms with van der Waals surface area (Å²) < 4.78 is 0. The van der Waals surface area contributed by atoms with Crippen LogP contribution in [0.4, 0.5) is 4.79 Å². The first-order chi connectivity index (χ1) is 13.0. The van der Waals surface area contributed by atoms with Gasteiger partial charge in [0.2, 0.25) is 5.91 Å². The molecule has 5 nitrogen and oxygen atoms in total. The van der Waals surface area contributed by atoms with Gasteiger partial charge in [0.1, 0.15) is 0 Å². The van der Waals surface area contributed by atoms with Gasteiger partial charge >= 0.3 is 0 Å². The Bertz CT molecular complexity index is 876. The zero-order valence-electron chi connectivity index (χ0n) is 15.0. The van der Waals surface area contributed by atoms with Crippen LogP contribution < -0.4 is 5.32 Å². The van der Waals surface area contributed by atoms with Gasteiger partial charge in [-0.25, -0.2) is 0 Å². The van der Waals surface area contributed by atoms with Gasteiger partial charge < -0.3 is 5.32 Å². The van der Waals surface area contributed by atoms with Crippen molar-refractivity contribution in [2.75, 3.05) is 13.1 Å². The maximum atomic E-state index is 12.5. The van der Waals surface area contributed by atoms with Crippen molar-refractivity contribution in [1.82, 2.24) is 10.2 Å². The lowest BCUT2D eigenvalue weighted by Crippen LogP contribution is -2.37. The molecule has 0 atom stereocenters. The minimum Gasteiger partial charge on any atom is -0.354 e. The summed E-state index contributed by atoms with van der Waals surface area (Å²) in [5.41, 5.74) is 2.93. The van der Waals surface area contributed by atoms with E-state index in [1.54, 1.807) is 6.08 Å². The minimum atomic E-state index is -0.317. The molecule has 2 aromatic carbocycles. The van der Waals surface area contributed by atoms with Crippen LogP contribution in [-0.4, -0.2) is 35.0 Å². The molecule has 3 amide bonds. The van der Waals surface area contributed by atoms with E-state index >= 15 is 0 Å². The van der Waals surface area contributed by atoms with Crippen LogP contribution in [0.5, 0.6) is 0 Å². The summed E-state index contributed by atoms with van der Waals surface area (Å²) in [5.74, 6) is -0.453. The molecule has 0 saturated carbocycles. The summed E-state index contributed by atoms with van der Waals surface area (Å²) in [4.78, 5) is 38.1. The maximum Gasteiger partial charge on any atom is 0.293 e. The summed E-state index contributed by atoms with van der Waals surface area (Å²) in [5, 5.41) is 2.45. The van der Waals surface area contributed by atoms with Crippen molar-refractivity contribution < 1.29 is 14.4 Å². The number of nitrogens with one attached hydrogen (secondary N) is 1. The summed E-state index contributed by atoms with van der Waals surface area (Å²) >= 11 is 0.928. The van der Waals surface area contributed by atoms with Crippen molar-refractivity contribution in [3.63, 3.8) is 0 Å². The van der Waals surface area contributed by atoms with Gasteiger partial charge in [-0.2, -0.15) is 0 Å². The molecule has 1 saturated heterocycles. The van der Waals surface area contributed by atoms with Crippen molar-refractivity contribution >= 4 is 34.9 Å². The summed E-state index contributed by atoms with van der Waals surface area (Å²) in [6, 6.07) is 17.1. The monoisotopic (exact) mass is 380 g/mol. The molecule has 0 aliphatic carbocycles. The van der Waals surface area contributed by atoms with Crippen LogP contribution in [-0.2, 0) is 16.0 Å². The molecule has 1 aliphatic heterocycles. The number of carbonyl (C=O) groups is 3. The first-order valence-electron chi connectivity index (χ1n) is 8.65. The second kappa shape index (κ2) is 8.68. The van der Waals surface area contributed by atoms with Crippen molar-refractivity contribution in [3.8, 4) is 0 Å². The highest BCUT2D eigenvalue weighted by atomic mass is 32.2. The van der Waals surface area contributed by atoms with Crippen molar-refractivity contribution in [3.05, 3.63) is 76.2 Å². The molecule has 6 heteroatoms. The number of amides is 3. The van der Waals surface area contributed by atoms with Gasteiger partial charge in [0.05, 0.1) is 11.3 Å². The van der Waals surface area contributed by atoms with E-state index in [4.69, 9.17) is 0 Å². The molecule has 1 N–H and O–H groups in total. The van der Waals surface area contributed by atoms with Crippen LogP contribution in [0.1, 0.15) is 16.7 Å². The third-order valence-electron chi connectivity index (χ3n) is 4.11. The lowest BCUT2D eigenvalue weighted by molar-refractivity contribution is -0.124. The van der Waals surface area contributed by atoms with E-state index in [0.29, 0.717) is 4.91 Å². The second-order valence-corrected chi connectivity index (χ2v) is 7.25. The second-order valence-electron chi connectivity index (χ2n) is 6.26. The molecule has 0 spiro atoms. The van der Waals surface area contributed by atoms with Gasteiger partial charge in [-0.3, -0.25) is 19.3 Å². The highest BCUT2D eigenvalue weighted by molar-refractivity contribution is 8.18. The van der Waals surface area contributed by atoms with Gasteiger partial charge in [-0.1, -0.05) is 60.2 Å². The Kier molecular flexibility index (Phi) is 6.08. The summed E-state index contributed by atoms with van der Waals surface area (Å²) in [6.07, 6.45) is 1.99. The van der Waals surface area contributed by atoms with E-state index in [-0.39, 0.29) is 36.6 Å². The molecule has 0 aromatic heterocycles. The Morgan fingerprint density at radius 2 is 1.78 bits per heavy atom. The summed E-state index contributed by atoms with van der Waals surface area (Å²) in [6.45, 7) is 2.39. The van der Waals surface area contributed by atoms with Crippen molar-refractivity contribution in [1.29, 1.82) is 0 Å². The SMILES string of the molecule is Cc1ccc(/C=C2\SC(=O)N(CCNC(=O)Cc3ccccc3)C2=O)cc1. The topological polar surface area (TPSA) is 66.5 Å². The molecular formula is C21H20N2O3S. The molecule has 138 valence electrons. The van der Waals surface area contributed by atoms with Gasteiger partial charge in [0.15, 0.2) is 0 Å². The molecule has 1 aliphatic rings. The number of hydrogen-bond acceptors (Lipinski definition) is 4. The molecule has 0 bridgehead atoms. The van der Waals surface area contributed by atoms with E-state index < -0.39 is 0 Å². The van der Waals surface area contributed by atoms with Crippen LogP contribution in [0, 0.1) is 6.92 Å². The number of rotatable bonds is 6. The lowest BCUT2D eigenvalue weighted by Gasteiger charge is -2.13. The molecule has 1 fully saturated rings. The van der Waals surface area contributed by atoms with Gasteiger partial charge in [-0.05, 0) is 35.9 Å². The number of thioether (sulfide) groups is 1. The smallest absolute Gasteiger partial charge is 0.293 e. The normalized spacial score (nSPS) is 15.4. The quantitative estimate of drug-likeness (QED) is 0.780. The first-order valence-corrected chi connectivity index (χ1v) is 9.47. The minimum absolute atomic E-state index is 0.136. The molecule has 1 heterocycles. The predicted octanol–water partition coefficient (Wildman–Crippen LogP) is 3.39. The predicted molar refractivity (Wildman–Crippen MR) is 107 cm³/mol. The largest absolute Gasteiger partial charge is 0.354 e. The van der Waals surface area contributed by atoms with E-state index in [2.05, 4.69) is 5.32 Å². The Hall–Kier alpha value is -2.86. The first kappa shape index (κ1) is 18.9. The van der Waals surface area contributed by atoms with Crippen LogP contribution in [0.15, 0.2) is 59.5 Å².